The second-order valence-corrected chi connectivity index (χ2v) is 9.53. The van der Waals surface area contributed by atoms with Crippen LogP contribution >= 0.6 is 0 Å². The number of esters is 1. The summed E-state index contributed by atoms with van der Waals surface area (Å²) in [6.45, 7) is 4.54. The molecule has 6 nitrogen and oxygen atoms in total. The van der Waals surface area contributed by atoms with Crippen molar-refractivity contribution in [3.05, 3.63) is 96.4 Å². The molecule has 0 fully saturated rings. The summed E-state index contributed by atoms with van der Waals surface area (Å²) in [6, 6.07) is 25.7. The Morgan fingerprint density at radius 2 is 1.62 bits per heavy atom. The average Bonchev–Trinajstić information content (AvgIpc) is 3.27. The van der Waals surface area contributed by atoms with E-state index >= 15 is 0 Å². The van der Waals surface area contributed by atoms with Crippen molar-refractivity contribution in [1.29, 1.82) is 0 Å². The minimum Gasteiger partial charge on any atom is -0.469 e. The van der Waals surface area contributed by atoms with Crippen molar-refractivity contribution in [3.8, 4) is 28.1 Å². The molecule has 1 aromatic heterocycles. The lowest BCUT2D eigenvalue weighted by Gasteiger charge is -2.18. The van der Waals surface area contributed by atoms with Crippen LogP contribution in [-0.2, 0) is 16.1 Å². The highest BCUT2D eigenvalue weighted by Gasteiger charge is 2.28. The van der Waals surface area contributed by atoms with Gasteiger partial charge in [0.05, 0.1) is 42.3 Å². The minimum atomic E-state index is -0.884. The standard InChI is InChI=1S/C32H33FN2O4/c1-22(2)30-32(39-21-34-26-12-8-5-9-13-26)29(23-10-6-4-7-11-23)31(24-14-16-25(33)17-15-24)35(30)19-18-27(36)20-28(37)38-3/h4-17,21-22,27,36H,18-20H2,1-3H3/b34-21+/t27-/m1/s1. The first-order chi connectivity index (χ1) is 18.9. The van der Waals surface area contributed by atoms with E-state index in [0.717, 1.165) is 33.8 Å². The molecule has 0 saturated heterocycles. The van der Waals surface area contributed by atoms with Crippen LogP contribution in [0.3, 0.4) is 0 Å². The van der Waals surface area contributed by atoms with Crippen molar-refractivity contribution in [2.45, 2.75) is 45.3 Å². The first-order valence-corrected chi connectivity index (χ1v) is 13.0. The Balaban J connectivity index is 1.89. The molecule has 0 saturated carbocycles. The highest BCUT2D eigenvalue weighted by molar-refractivity contribution is 5.89. The van der Waals surface area contributed by atoms with E-state index in [9.17, 15) is 14.3 Å². The van der Waals surface area contributed by atoms with Gasteiger partial charge in [-0.3, -0.25) is 4.79 Å². The highest BCUT2D eigenvalue weighted by atomic mass is 19.1. The predicted molar refractivity (Wildman–Crippen MR) is 152 cm³/mol. The smallest absolute Gasteiger partial charge is 0.308 e. The Bertz CT molecular complexity index is 1400. The number of nitrogens with zero attached hydrogens (tertiary/aromatic N) is 2. The van der Waals surface area contributed by atoms with Gasteiger partial charge in [0, 0.05) is 6.54 Å². The molecule has 0 spiro atoms. The molecule has 0 aliphatic carbocycles. The average molecular weight is 529 g/mol. The molecular weight excluding hydrogens is 495 g/mol. The van der Waals surface area contributed by atoms with Crippen LogP contribution in [0.15, 0.2) is 89.9 Å². The zero-order valence-electron chi connectivity index (χ0n) is 22.4. The van der Waals surface area contributed by atoms with Crippen molar-refractivity contribution in [1.82, 2.24) is 4.57 Å². The van der Waals surface area contributed by atoms with Crippen LogP contribution in [0.4, 0.5) is 10.1 Å². The van der Waals surface area contributed by atoms with Gasteiger partial charge >= 0.3 is 5.97 Å². The minimum absolute atomic E-state index is 0.0273. The molecule has 0 bridgehead atoms. The van der Waals surface area contributed by atoms with E-state index in [0.29, 0.717) is 18.7 Å². The number of hydrogen-bond acceptors (Lipinski definition) is 5. The number of aliphatic hydroxyl groups excluding tert-OH is 1. The lowest BCUT2D eigenvalue weighted by molar-refractivity contribution is -0.142. The van der Waals surface area contributed by atoms with Crippen molar-refractivity contribution < 1.29 is 23.8 Å². The van der Waals surface area contributed by atoms with Gasteiger partial charge in [-0.2, -0.15) is 0 Å². The van der Waals surface area contributed by atoms with Crippen LogP contribution in [0.2, 0.25) is 0 Å². The first-order valence-electron chi connectivity index (χ1n) is 13.0. The molecule has 1 heterocycles. The van der Waals surface area contributed by atoms with Gasteiger partial charge < -0.3 is 19.1 Å². The van der Waals surface area contributed by atoms with Gasteiger partial charge in [0.1, 0.15) is 5.82 Å². The summed E-state index contributed by atoms with van der Waals surface area (Å²) < 4.78 is 27.1. The van der Waals surface area contributed by atoms with Crippen LogP contribution < -0.4 is 4.74 Å². The largest absolute Gasteiger partial charge is 0.469 e. The van der Waals surface area contributed by atoms with Gasteiger partial charge in [-0.05, 0) is 59.9 Å². The number of carbonyl (C=O) groups excluding carboxylic acids is 1. The number of aliphatic imine (C=N–C) groups is 1. The summed E-state index contributed by atoms with van der Waals surface area (Å²) in [5, 5.41) is 10.6. The zero-order chi connectivity index (χ0) is 27.8. The van der Waals surface area contributed by atoms with Crippen LogP contribution in [0.25, 0.3) is 22.4 Å². The zero-order valence-corrected chi connectivity index (χ0v) is 22.4. The molecule has 3 aromatic carbocycles. The number of benzene rings is 3. The number of hydrogen-bond donors (Lipinski definition) is 1. The van der Waals surface area contributed by atoms with Crippen LogP contribution in [0, 0.1) is 5.82 Å². The highest BCUT2D eigenvalue weighted by Crippen LogP contribution is 2.47. The molecule has 4 aromatic rings. The molecule has 4 rings (SSSR count). The Hall–Kier alpha value is -4.23. The number of aromatic nitrogens is 1. The fourth-order valence-corrected chi connectivity index (χ4v) is 4.63. The van der Waals surface area contributed by atoms with E-state index in [-0.39, 0.29) is 18.2 Å². The second-order valence-electron chi connectivity index (χ2n) is 9.53. The van der Waals surface area contributed by atoms with E-state index in [1.165, 1.54) is 25.6 Å². The van der Waals surface area contributed by atoms with Crippen LogP contribution in [0.1, 0.15) is 38.3 Å². The number of rotatable bonds is 11. The van der Waals surface area contributed by atoms with E-state index in [1.807, 2.05) is 60.7 Å². The fraction of sp³-hybridized carbons (Fsp3) is 0.250. The SMILES string of the molecule is COC(=O)C[C@H](O)CCn1c(-c2ccc(F)cc2)c(-c2ccccc2)c(O/C=N/c2ccccc2)c1C(C)C. The topological polar surface area (TPSA) is 73.0 Å². The Morgan fingerprint density at radius 1 is 0.974 bits per heavy atom. The first kappa shape index (κ1) is 27.8. The van der Waals surface area contributed by atoms with Gasteiger partial charge in [0.2, 0.25) is 0 Å². The summed E-state index contributed by atoms with van der Waals surface area (Å²) >= 11 is 0. The Morgan fingerprint density at radius 3 is 2.23 bits per heavy atom. The van der Waals surface area contributed by atoms with E-state index < -0.39 is 12.1 Å². The summed E-state index contributed by atoms with van der Waals surface area (Å²) in [5.74, 6) is -0.136. The molecule has 1 atom stereocenters. The molecule has 1 N–H and O–H groups in total. The van der Waals surface area contributed by atoms with Gasteiger partial charge in [0.15, 0.2) is 12.2 Å². The number of carbonyl (C=O) groups is 1. The molecule has 0 unspecified atom stereocenters. The summed E-state index contributed by atoms with van der Waals surface area (Å²) in [6.07, 6.45) is 0.765. The lowest BCUT2D eigenvalue weighted by Crippen LogP contribution is -2.18. The normalized spacial score (nSPS) is 12.2. The molecule has 0 aliphatic heterocycles. The summed E-state index contributed by atoms with van der Waals surface area (Å²) in [5.41, 5.74) is 5.06. The molecule has 0 amide bonds. The van der Waals surface area contributed by atoms with Crippen LogP contribution in [-0.4, -0.2) is 35.3 Å². The van der Waals surface area contributed by atoms with Crippen molar-refractivity contribution in [2.75, 3.05) is 7.11 Å². The number of aliphatic hydroxyl groups is 1. The van der Waals surface area contributed by atoms with Gasteiger partial charge in [-0.25, -0.2) is 9.38 Å². The monoisotopic (exact) mass is 528 g/mol. The Kier molecular flexibility index (Phi) is 9.28. The third kappa shape index (κ3) is 6.81. The maximum Gasteiger partial charge on any atom is 0.308 e. The molecule has 0 radical (unpaired) electrons. The maximum absolute atomic E-state index is 14.0. The molecule has 7 heteroatoms. The Labute approximate surface area is 228 Å². The number of halogens is 1. The van der Waals surface area contributed by atoms with Crippen molar-refractivity contribution >= 4 is 18.1 Å². The fourth-order valence-electron chi connectivity index (χ4n) is 4.63. The molecule has 202 valence electrons. The second kappa shape index (κ2) is 13.0. The van der Waals surface area contributed by atoms with Gasteiger partial charge in [0.25, 0.3) is 0 Å². The third-order valence-electron chi connectivity index (χ3n) is 6.43. The van der Waals surface area contributed by atoms with E-state index in [4.69, 9.17) is 9.47 Å². The molecule has 39 heavy (non-hydrogen) atoms. The van der Waals surface area contributed by atoms with Crippen molar-refractivity contribution in [3.63, 3.8) is 0 Å². The maximum atomic E-state index is 14.0. The van der Waals surface area contributed by atoms with Gasteiger partial charge in [-0.1, -0.05) is 62.4 Å². The number of methoxy groups -OCH3 is 1. The van der Waals surface area contributed by atoms with E-state index in [1.54, 1.807) is 12.1 Å². The van der Waals surface area contributed by atoms with Gasteiger partial charge in [-0.15, -0.1) is 0 Å². The van der Waals surface area contributed by atoms with Crippen LogP contribution in [0.5, 0.6) is 5.75 Å². The molecular formula is C32H33FN2O4. The predicted octanol–water partition coefficient (Wildman–Crippen LogP) is 7.14. The summed E-state index contributed by atoms with van der Waals surface area (Å²) in [4.78, 5) is 16.2. The lowest BCUT2D eigenvalue weighted by atomic mass is 9.99. The molecule has 0 aliphatic rings. The quantitative estimate of drug-likeness (QED) is 0.128. The third-order valence-corrected chi connectivity index (χ3v) is 6.43. The van der Waals surface area contributed by atoms with Crippen molar-refractivity contribution in [2.24, 2.45) is 4.99 Å². The number of ether oxygens (including phenoxy) is 2. The number of para-hydroxylation sites is 1. The van der Waals surface area contributed by atoms with E-state index in [2.05, 4.69) is 23.4 Å². The summed E-state index contributed by atoms with van der Waals surface area (Å²) in [7, 11) is 1.30.